The van der Waals surface area contributed by atoms with Crippen LogP contribution in [0.25, 0.3) is 0 Å². The highest BCUT2D eigenvalue weighted by Gasteiger charge is 2.29. The van der Waals surface area contributed by atoms with Gasteiger partial charge in [0.2, 0.25) is 0 Å². The molecule has 1 rings (SSSR count). The molecule has 0 amide bonds. The average molecular weight is 276 g/mol. The summed E-state index contributed by atoms with van der Waals surface area (Å²) in [6, 6.07) is 5.17. The number of hydrogen-bond acceptors (Lipinski definition) is 4. The van der Waals surface area contributed by atoms with Crippen LogP contribution in [0.1, 0.15) is 25.5 Å². The fraction of sp³-hybridized carbons (Fsp3) is 0.538. The molecular weight excluding hydrogens is 254 g/mol. The lowest BCUT2D eigenvalue weighted by molar-refractivity contribution is 0.131. The standard InChI is InChI=1S/C13H21NO3.ClH/c1-13(2,8-15)12(14)10-7-9(16-3)5-6-11(10)17-4;/h5-7,12,15H,8,14H2,1-4H3;1H/t12-;/m0./s1. The molecule has 3 N–H and O–H groups in total. The highest BCUT2D eigenvalue weighted by atomic mass is 35.5. The van der Waals surface area contributed by atoms with Gasteiger partial charge in [0.15, 0.2) is 0 Å². The zero-order valence-corrected chi connectivity index (χ0v) is 12.1. The second-order valence-corrected chi connectivity index (χ2v) is 4.73. The van der Waals surface area contributed by atoms with Crippen LogP contribution in [0.4, 0.5) is 0 Å². The molecule has 0 aliphatic rings. The number of nitrogens with two attached hydrogens (primary N) is 1. The van der Waals surface area contributed by atoms with Gasteiger partial charge in [-0.3, -0.25) is 0 Å². The molecule has 0 saturated carbocycles. The molecule has 0 bridgehead atoms. The predicted octanol–water partition coefficient (Wildman–Crippen LogP) is 2.14. The van der Waals surface area contributed by atoms with Gasteiger partial charge in [0, 0.05) is 23.6 Å². The zero-order valence-electron chi connectivity index (χ0n) is 11.3. The third kappa shape index (κ3) is 3.51. The minimum atomic E-state index is -0.417. The monoisotopic (exact) mass is 275 g/mol. The van der Waals surface area contributed by atoms with Crippen molar-refractivity contribution in [2.75, 3.05) is 20.8 Å². The number of benzene rings is 1. The van der Waals surface area contributed by atoms with Crippen molar-refractivity contribution in [3.63, 3.8) is 0 Å². The van der Waals surface area contributed by atoms with Crippen LogP contribution in [0.2, 0.25) is 0 Å². The summed E-state index contributed by atoms with van der Waals surface area (Å²) in [5, 5.41) is 9.36. The van der Waals surface area contributed by atoms with Crippen LogP contribution < -0.4 is 15.2 Å². The highest BCUT2D eigenvalue weighted by molar-refractivity contribution is 5.85. The van der Waals surface area contributed by atoms with Crippen LogP contribution in [-0.2, 0) is 0 Å². The van der Waals surface area contributed by atoms with Crippen LogP contribution >= 0.6 is 12.4 Å². The first-order valence-corrected chi connectivity index (χ1v) is 5.54. The van der Waals surface area contributed by atoms with E-state index in [0.29, 0.717) is 5.75 Å². The van der Waals surface area contributed by atoms with Crippen LogP contribution in [0.15, 0.2) is 18.2 Å². The molecule has 0 unspecified atom stereocenters. The quantitative estimate of drug-likeness (QED) is 0.864. The Labute approximate surface area is 115 Å². The molecule has 104 valence electrons. The van der Waals surface area contributed by atoms with E-state index in [-0.39, 0.29) is 25.1 Å². The molecule has 1 aromatic carbocycles. The predicted molar refractivity (Wildman–Crippen MR) is 74.6 cm³/mol. The van der Waals surface area contributed by atoms with E-state index < -0.39 is 5.41 Å². The number of hydrogen-bond donors (Lipinski definition) is 2. The molecule has 0 radical (unpaired) electrons. The van der Waals surface area contributed by atoms with E-state index in [0.717, 1.165) is 11.3 Å². The molecule has 0 aromatic heterocycles. The molecule has 0 heterocycles. The molecule has 5 heteroatoms. The van der Waals surface area contributed by atoms with Crippen molar-refractivity contribution in [1.29, 1.82) is 0 Å². The maximum atomic E-state index is 9.36. The Morgan fingerprint density at radius 2 is 1.89 bits per heavy atom. The topological polar surface area (TPSA) is 64.7 Å². The minimum absolute atomic E-state index is 0. The fourth-order valence-electron chi connectivity index (χ4n) is 1.60. The van der Waals surface area contributed by atoms with E-state index in [4.69, 9.17) is 15.2 Å². The number of ether oxygens (including phenoxy) is 2. The van der Waals surface area contributed by atoms with E-state index in [1.807, 2.05) is 32.0 Å². The summed E-state index contributed by atoms with van der Waals surface area (Å²) < 4.78 is 10.5. The van der Waals surface area contributed by atoms with Gasteiger partial charge in [-0.15, -0.1) is 12.4 Å². The number of aliphatic hydroxyl groups is 1. The lowest BCUT2D eigenvalue weighted by Gasteiger charge is -2.30. The van der Waals surface area contributed by atoms with E-state index in [1.165, 1.54) is 0 Å². The summed E-state index contributed by atoms with van der Waals surface area (Å²) in [7, 11) is 3.21. The first kappa shape index (κ1) is 17.0. The molecule has 0 aliphatic heterocycles. The molecule has 18 heavy (non-hydrogen) atoms. The lowest BCUT2D eigenvalue weighted by Crippen LogP contribution is -2.32. The van der Waals surface area contributed by atoms with Crippen molar-refractivity contribution < 1.29 is 14.6 Å². The van der Waals surface area contributed by atoms with Crippen LogP contribution in [-0.4, -0.2) is 25.9 Å². The van der Waals surface area contributed by atoms with Gasteiger partial charge in [-0.05, 0) is 18.2 Å². The smallest absolute Gasteiger partial charge is 0.123 e. The molecular formula is C13H22ClNO3. The number of aliphatic hydroxyl groups excluding tert-OH is 1. The Balaban J connectivity index is 0.00000289. The van der Waals surface area contributed by atoms with Crippen molar-refractivity contribution in [3.05, 3.63) is 23.8 Å². The third-order valence-electron chi connectivity index (χ3n) is 3.02. The molecule has 4 nitrogen and oxygen atoms in total. The van der Waals surface area contributed by atoms with Gasteiger partial charge in [0.25, 0.3) is 0 Å². The number of rotatable bonds is 5. The maximum Gasteiger partial charge on any atom is 0.123 e. The van der Waals surface area contributed by atoms with Gasteiger partial charge < -0.3 is 20.3 Å². The van der Waals surface area contributed by atoms with E-state index in [9.17, 15) is 5.11 Å². The number of halogens is 1. The van der Waals surface area contributed by atoms with Crippen molar-refractivity contribution in [3.8, 4) is 11.5 Å². The Morgan fingerprint density at radius 3 is 2.33 bits per heavy atom. The van der Waals surface area contributed by atoms with Crippen LogP contribution in [0.3, 0.4) is 0 Å². The molecule has 0 saturated heterocycles. The van der Waals surface area contributed by atoms with Gasteiger partial charge in [0.1, 0.15) is 11.5 Å². The lowest BCUT2D eigenvalue weighted by atomic mass is 9.81. The summed E-state index contributed by atoms with van der Waals surface area (Å²) in [5.74, 6) is 1.44. The van der Waals surface area contributed by atoms with Gasteiger partial charge in [-0.1, -0.05) is 13.8 Å². The van der Waals surface area contributed by atoms with Crippen molar-refractivity contribution in [2.45, 2.75) is 19.9 Å². The average Bonchev–Trinajstić information content (AvgIpc) is 2.36. The largest absolute Gasteiger partial charge is 0.497 e. The maximum absolute atomic E-state index is 9.36. The van der Waals surface area contributed by atoms with E-state index in [2.05, 4.69) is 0 Å². The van der Waals surface area contributed by atoms with E-state index >= 15 is 0 Å². The summed E-state index contributed by atoms with van der Waals surface area (Å²) in [5.41, 5.74) is 6.61. The van der Waals surface area contributed by atoms with Gasteiger partial charge >= 0.3 is 0 Å². The minimum Gasteiger partial charge on any atom is -0.497 e. The summed E-state index contributed by atoms with van der Waals surface area (Å²) in [6.45, 7) is 3.84. The molecule has 1 aromatic rings. The first-order valence-electron chi connectivity index (χ1n) is 5.54. The van der Waals surface area contributed by atoms with Crippen molar-refractivity contribution >= 4 is 12.4 Å². The van der Waals surface area contributed by atoms with Gasteiger partial charge in [-0.25, -0.2) is 0 Å². The van der Waals surface area contributed by atoms with Gasteiger partial charge in [-0.2, -0.15) is 0 Å². The SMILES string of the molecule is COc1ccc(OC)c([C@H](N)C(C)(C)CO)c1.Cl. The third-order valence-corrected chi connectivity index (χ3v) is 3.02. The summed E-state index contributed by atoms with van der Waals surface area (Å²) in [4.78, 5) is 0. The molecule has 0 aliphatic carbocycles. The Hall–Kier alpha value is -0.970. The molecule has 0 spiro atoms. The van der Waals surface area contributed by atoms with Crippen LogP contribution in [0, 0.1) is 5.41 Å². The second kappa shape index (κ2) is 6.83. The van der Waals surface area contributed by atoms with Crippen molar-refractivity contribution in [2.24, 2.45) is 11.1 Å². The summed E-state index contributed by atoms with van der Waals surface area (Å²) >= 11 is 0. The van der Waals surface area contributed by atoms with Crippen LogP contribution in [0.5, 0.6) is 11.5 Å². The van der Waals surface area contributed by atoms with E-state index in [1.54, 1.807) is 14.2 Å². The second-order valence-electron chi connectivity index (χ2n) is 4.73. The molecule has 1 atom stereocenters. The first-order chi connectivity index (χ1) is 7.96. The fourth-order valence-corrected chi connectivity index (χ4v) is 1.60. The normalized spacial score (nSPS) is 12.6. The van der Waals surface area contributed by atoms with Crippen molar-refractivity contribution in [1.82, 2.24) is 0 Å². The Bertz CT molecular complexity index is 382. The zero-order chi connectivity index (χ0) is 13.1. The highest BCUT2D eigenvalue weighted by Crippen LogP contribution is 2.37. The Kier molecular flexibility index (Phi) is 6.46. The Morgan fingerprint density at radius 1 is 1.28 bits per heavy atom. The molecule has 0 fully saturated rings. The van der Waals surface area contributed by atoms with Gasteiger partial charge in [0.05, 0.1) is 14.2 Å². The summed E-state index contributed by atoms with van der Waals surface area (Å²) in [6.07, 6.45) is 0. The number of methoxy groups -OCH3 is 2.